The Kier molecular flexibility index (Phi) is 4.15. The van der Waals surface area contributed by atoms with Gasteiger partial charge in [-0.15, -0.1) is 11.3 Å². The minimum atomic E-state index is -0.259. The summed E-state index contributed by atoms with van der Waals surface area (Å²) in [4.78, 5) is 25.1. The highest BCUT2D eigenvalue weighted by molar-refractivity contribution is 7.16. The zero-order valence-electron chi connectivity index (χ0n) is 13.9. The molecule has 0 radical (unpaired) electrons. The summed E-state index contributed by atoms with van der Waals surface area (Å²) in [6.45, 7) is 0. The van der Waals surface area contributed by atoms with Crippen molar-refractivity contribution in [3.8, 4) is 11.8 Å². The number of amides is 1. The van der Waals surface area contributed by atoms with Gasteiger partial charge in [-0.05, 0) is 48.4 Å². The van der Waals surface area contributed by atoms with Crippen LogP contribution in [0.4, 0.5) is 5.00 Å². The third-order valence-corrected chi connectivity index (χ3v) is 5.62. The van der Waals surface area contributed by atoms with Gasteiger partial charge in [0.2, 0.25) is 0 Å². The third kappa shape index (κ3) is 2.93. The van der Waals surface area contributed by atoms with Crippen LogP contribution in [0, 0.1) is 11.3 Å². The molecular formula is C20H15N3O2S. The quantitative estimate of drug-likeness (QED) is 0.772. The number of hydrogen-bond acceptors (Lipinski definition) is 4. The first kappa shape index (κ1) is 16.3. The SMILES string of the molecule is N#Cc1c(NC(=O)c2ccc(-n3cccc3)cc2)sc2c1CCC(=O)C2. The van der Waals surface area contributed by atoms with Crippen LogP contribution in [-0.4, -0.2) is 16.3 Å². The number of fused-ring (bicyclic) bond motifs is 1. The van der Waals surface area contributed by atoms with E-state index in [0.717, 1.165) is 16.1 Å². The molecule has 5 nitrogen and oxygen atoms in total. The molecule has 0 spiro atoms. The van der Waals surface area contributed by atoms with Gasteiger partial charge >= 0.3 is 0 Å². The highest BCUT2D eigenvalue weighted by Crippen LogP contribution is 2.37. The fourth-order valence-corrected chi connectivity index (χ4v) is 4.35. The first-order valence-corrected chi connectivity index (χ1v) is 9.08. The fraction of sp³-hybridized carbons (Fsp3) is 0.150. The molecule has 2 aromatic heterocycles. The second-order valence-corrected chi connectivity index (χ2v) is 7.23. The number of thiophene rings is 1. The van der Waals surface area contributed by atoms with Crippen molar-refractivity contribution >= 4 is 28.0 Å². The molecule has 2 heterocycles. The van der Waals surface area contributed by atoms with Crippen molar-refractivity contribution in [3.63, 3.8) is 0 Å². The summed E-state index contributed by atoms with van der Waals surface area (Å²) < 4.78 is 1.96. The van der Waals surface area contributed by atoms with Gasteiger partial charge in [-0.25, -0.2) is 0 Å². The number of nitrogens with one attached hydrogen (secondary N) is 1. The van der Waals surface area contributed by atoms with Crippen LogP contribution >= 0.6 is 11.3 Å². The number of nitriles is 1. The van der Waals surface area contributed by atoms with Gasteiger partial charge in [-0.2, -0.15) is 5.26 Å². The van der Waals surface area contributed by atoms with Crippen LogP contribution in [-0.2, 0) is 17.6 Å². The van der Waals surface area contributed by atoms with E-state index in [2.05, 4.69) is 11.4 Å². The number of aromatic nitrogens is 1. The monoisotopic (exact) mass is 361 g/mol. The highest BCUT2D eigenvalue weighted by Gasteiger charge is 2.25. The average molecular weight is 361 g/mol. The molecule has 0 aliphatic heterocycles. The molecular weight excluding hydrogens is 346 g/mol. The Labute approximate surface area is 154 Å². The molecule has 128 valence electrons. The lowest BCUT2D eigenvalue weighted by atomic mass is 9.95. The molecule has 26 heavy (non-hydrogen) atoms. The summed E-state index contributed by atoms with van der Waals surface area (Å²) in [5.74, 6) is -0.0767. The average Bonchev–Trinajstić information content (AvgIpc) is 3.29. The first-order chi connectivity index (χ1) is 12.7. The second-order valence-electron chi connectivity index (χ2n) is 6.13. The number of benzene rings is 1. The van der Waals surface area contributed by atoms with Crippen LogP contribution in [0.1, 0.15) is 32.8 Å². The lowest BCUT2D eigenvalue weighted by molar-refractivity contribution is -0.118. The molecule has 1 amide bonds. The molecule has 0 atom stereocenters. The van der Waals surface area contributed by atoms with Crippen molar-refractivity contribution in [2.75, 3.05) is 5.32 Å². The lowest BCUT2D eigenvalue weighted by Gasteiger charge is -2.09. The Balaban J connectivity index is 1.57. The number of nitrogens with zero attached hydrogens (tertiary/aromatic N) is 2. The van der Waals surface area contributed by atoms with Crippen LogP contribution < -0.4 is 5.32 Å². The molecule has 0 saturated carbocycles. The van der Waals surface area contributed by atoms with Gasteiger partial charge in [-0.3, -0.25) is 9.59 Å². The van der Waals surface area contributed by atoms with Crippen molar-refractivity contribution in [1.29, 1.82) is 5.26 Å². The maximum absolute atomic E-state index is 12.6. The molecule has 0 fully saturated rings. The minimum absolute atomic E-state index is 0.182. The van der Waals surface area contributed by atoms with Gasteiger partial charge in [0, 0.05) is 41.4 Å². The molecule has 0 unspecified atom stereocenters. The lowest BCUT2D eigenvalue weighted by Crippen LogP contribution is -2.12. The molecule has 6 heteroatoms. The summed E-state index contributed by atoms with van der Waals surface area (Å²) >= 11 is 1.34. The van der Waals surface area contributed by atoms with Crippen molar-refractivity contribution in [3.05, 3.63) is 70.4 Å². The van der Waals surface area contributed by atoms with E-state index in [1.807, 2.05) is 41.2 Å². The second kappa shape index (κ2) is 6.62. The molecule has 0 bridgehead atoms. The van der Waals surface area contributed by atoms with E-state index in [9.17, 15) is 14.9 Å². The van der Waals surface area contributed by atoms with E-state index < -0.39 is 0 Å². The Morgan fingerprint density at radius 3 is 2.58 bits per heavy atom. The van der Waals surface area contributed by atoms with Gasteiger partial charge in [0.25, 0.3) is 5.91 Å². The number of Topliss-reactive ketones (excluding diaryl/α,β-unsaturated/α-hetero) is 1. The Morgan fingerprint density at radius 2 is 1.88 bits per heavy atom. The van der Waals surface area contributed by atoms with Crippen molar-refractivity contribution < 1.29 is 9.59 Å². The Morgan fingerprint density at radius 1 is 1.15 bits per heavy atom. The smallest absolute Gasteiger partial charge is 0.256 e. The summed E-state index contributed by atoms with van der Waals surface area (Å²) in [6.07, 6.45) is 5.27. The highest BCUT2D eigenvalue weighted by atomic mass is 32.1. The van der Waals surface area contributed by atoms with E-state index in [4.69, 9.17) is 0 Å². The minimum Gasteiger partial charge on any atom is -0.324 e. The van der Waals surface area contributed by atoms with E-state index in [1.165, 1.54) is 11.3 Å². The van der Waals surface area contributed by atoms with E-state index in [0.29, 0.717) is 35.4 Å². The van der Waals surface area contributed by atoms with Crippen LogP contribution in [0.3, 0.4) is 0 Å². The maximum Gasteiger partial charge on any atom is 0.256 e. The molecule has 1 aliphatic rings. The molecule has 1 aliphatic carbocycles. The molecule has 0 saturated heterocycles. The predicted molar refractivity (Wildman–Crippen MR) is 99.8 cm³/mol. The fourth-order valence-electron chi connectivity index (χ4n) is 3.12. The van der Waals surface area contributed by atoms with E-state index in [-0.39, 0.29) is 11.7 Å². The molecule has 1 aromatic carbocycles. The van der Waals surface area contributed by atoms with Gasteiger partial charge in [0.05, 0.1) is 5.56 Å². The summed E-state index contributed by atoms with van der Waals surface area (Å²) in [6, 6.07) is 13.3. The predicted octanol–water partition coefficient (Wildman–Crippen LogP) is 3.72. The van der Waals surface area contributed by atoms with Crippen LogP contribution in [0.2, 0.25) is 0 Å². The third-order valence-electron chi connectivity index (χ3n) is 4.47. The van der Waals surface area contributed by atoms with Crippen LogP contribution in [0.5, 0.6) is 0 Å². The Hall–Kier alpha value is -3.17. The zero-order valence-corrected chi connectivity index (χ0v) is 14.7. The van der Waals surface area contributed by atoms with Crippen molar-refractivity contribution in [2.24, 2.45) is 0 Å². The summed E-state index contributed by atoms with van der Waals surface area (Å²) in [5, 5.41) is 12.8. The summed E-state index contributed by atoms with van der Waals surface area (Å²) in [5.41, 5.74) is 2.90. The first-order valence-electron chi connectivity index (χ1n) is 8.27. The number of carbonyl (C=O) groups is 2. The number of hydrogen-bond donors (Lipinski definition) is 1. The normalized spacial score (nSPS) is 13.1. The van der Waals surface area contributed by atoms with E-state index in [1.54, 1.807) is 12.1 Å². The van der Waals surface area contributed by atoms with Crippen molar-refractivity contribution in [1.82, 2.24) is 4.57 Å². The number of carbonyl (C=O) groups excluding carboxylic acids is 2. The molecule has 3 aromatic rings. The van der Waals surface area contributed by atoms with Gasteiger partial charge in [0.1, 0.15) is 16.9 Å². The maximum atomic E-state index is 12.6. The number of anilines is 1. The van der Waals surface area contributed by atoms with Gasteiger partial charge in [0.15, 0.2) is 0 Å². The van der Waals surface area contributed by atoms with Crippen molar-refractivity contribution in [2.45, 2.75) is 19.3 Å². The number of ketones is 1. The molecule has 1 N–H and O–H groups in total. The zero-order chi connectivity index (χ0) is 18.1. The van der Waals surface area contributed by atoms with Gasteiger partial charge < -0.3 is 9.88 Å². The number of rotatable bonds is 3. The summed E-state index contributed by atoms with van der Waals surface area (Å²) in [7, 11) is 0. The van der Waals surface area contributed by atoms with Crippen LogP contribution in [0.15, 0.2) is 48.8 Å². The largest absolute Gasteiger partial charge is 0.324 e. The Bertz CT molecular complexity index is 1020. The molecule has 4 rings (SSSR count). The standard InChI is InChI=1S/C20H15N3O2S/c21-12-17-16-8-7-15(24)11-18(16)26-20(17)22-19(25)13-3-5-14(6-4-13)23-9-1-2-10-23/h1-6,9-10H,7-8,11H2,(H,22,25). The van der Waals surface area contributed by atoms with Crippen LogP contribution in [0.25, 0.3) is 5.69 Å². The topological polar surface area (TPSA) is 74.9 Å². The van der Waals surface area contributed by atoms with E-state index >= 15 is 0 Å². The van der Waals surface area contributed by atoms with Gasteiger partial charge in [-0.1, -0.05) is 0 Å².